The fraction of sp³-hybridized carbons (Fsp3) is 0.214. The second-order valence-electron chi connectivity index (χ2n) is 4.86. The predicted molar refractivity (Wildman–Crippen MR) is 84.3 cm³/mol. The van der Waals surface area contributed by atoms with E-state index in [1.54, 1.807) is 18.4 Å². The molecule has 1 amide bonds. The summed E-state index contributed by atoms with van der Waals surface area (Å²) in [6, 6.07) is 4.66. The first-order valence-corrected chi connectivity index (χ1v) is 8.61. The van der Waals surface area contributed by atoms with Gasteiger partial charge in [-0.25, -0.2) is 13.6 Å². The lowest BCUT2D eigenvalue weighted by molar-refractivity contribution is 0.102. The number of nitrogens with two attached hydrogens (primary N) is 1. The minimum Gasteiger partial charge on any atom is -0.322 e. The van der Waals surface area contributed by atoms with E-state index in [4.69, 9.17) is 5.14 Å². The van der Waals surface area contributed by atoms with Crippen LogP contribution >= 0.6 is 11.3 Å². The van der Waals surface area contributed by atoms with Gasteiger partial charge in [0, 0.05) is 15.9 Å². The Morgan fingerprint density at radius 3 is 2.38 bits per heavy atom. The van der Waals surface area contributed by atoms with Gasteiger partial charge in [-0.2, -0.15) is 0 Å². The average Bonchev–Trinajstić information content (AvgIpc) is 2.80. The third kappa shape index (κ3) is 3.49. The summed E-state index contributed by atoms with van der Waals surface area (Å²) in [5.74, 6) is -0.270. The van der Waals surface area contributed by atoms with E-state index in [1.165, 1.54) is 23.5 Å². The summed E-state index contributed by atoms with van der Waals surface area (Å²) >= 11 is 1.48. The number of aryl methyl sites for hydroxylation is 2. The number of primary sulfonamides is 1. The predicted octanol–water partition coefficient (Wildman–Crippen LogP) is 2.57. The molecule has 0 aliphatic carbocycles. The zero-order valence-corrected chi connectivity index (χ0v) is 13.6. The number of nitrogens with one attached hydrogen (secondary N) is 1. The van der Waals surface area contributed by atoms with Gasteiger partial charge in [0.25, 0.3) is 5.91 Å². The van der Waals surface area contributed by atoms with E-state index < -0.39 is 10.0 Å². The summed E-state index contributed by atoms with van der Waals surface area (Å²) < 4.78 is 22.9. The molecule has 1 aromatic carbocycles. The summed E-state index contributed by atoms with van der Waals surface area (Å²) in [6.45, 7) is 5.50. The molecule has 1 aromatic heterocycles. The van der Waals surface area contributed by atoms with E-state index in [-0.39, 0.29) is 10.8 Å². The first-order chi connectivity index (χ1) is 9.68. The molecule has 0 unspecified atom stereocenters. The van der Waals surface area contributed by atoms with Crippen molar-refractivity contribution in [3.8, 4) is 0 Å². The maximum absolute atomic E-state index is 12.2. The number of amides is 1. The number of carbonyl (C=O) groups excluding carboxylic acids is 1. The fourth-order valence-corrected chi connectivity index (χ4v) is 3.18. The Morgan fingerprint density at radius 1 is 1.19 bits per heavy atom. The van der Waals surface area contributed by atoms with Crippen molar-refractivity contribution in [2.75, 3.05) is 5.32 Å². The monoisotopic (exact) mass is 324 g/mol. The molecule has 112 valence electrons. The molecule has 0 spiro atoms. The van der Waals surface area contributed by atoms with E-state index in [2.05, 4.69) is 5.32 Å². The van der Waals surface area contributed by atoms with Gasteiger partial charge in [0.05, 0.1) is 10.5 Å². The van der Waals surface area contributed by atoms with Gasteiger partial charge in [-0.15, -0.1) is 11.3 Å². The van der Waals surface area contributed by atoms with Crippen LogP contribution in [0, 0.1) is 20.8 Å². The molecule has 1 heterocycles. The largest absolute Gasteiger partial charge is 0.322 e. The summed E-state index contributed by atoms with van der Waals surface area (Å²) in [4.78, 5) is 13.2. The van der Waals surface area contributed by atoms with Crippen LogP contribution in [0.4, 0.5) is 5.69 Å². The molecule has 0 saturated heterocycles. The highest BCUT2D eigenvalue weighted by Crippen LogP contribution is 2.24. The van der Waals surface area contributed by atoms with Crippen LogP contribution in [0.3, 0.4) is 0 Å². The molecular formula is C14H16N2O3S2. The Morgan fingerprint density at radius 2 is 1.86 bits per heavy atom. The highest BCUT2D eigenvalue weighted by molar-refractivity contribution is 7.89. The van der Waals surface area contributed by atoms with Crippen molar-refractivity contribution in [1.29, 1.82) is 0 Å². The second kappa shape index (κ2) is 5.59. The zero-order chi connectivity index (χ0) is 15.8. The van der Waals surface area contributed by atoms with Crippen LogP contribution in [-0.4, -0.2) is 14.3 Å². The van der Waals surface area contributed by atoms with Crippen LogP contribution in [0.1, 0.15) is 26.4 Å². The summed E-state index contributed by atoms with van der Waals surface area (Å²) in [6.07, 6.45) is 0. The summed E-state index contributed by atoms with van der Waals surface area (Å²) in [5.41, 5.74) is 2.56. The average molecular weight is 324 g/mol. The van der Waals surface area contributed by atoms with Gasteiger partial charge in [0.1, 0.15) is 0 Å². The van der Waals surface area contributed by atoms with E-state index in [0.717, 1.165) is 16.0 Å². The molecule has 7 heteroatoms. The van der Waals surface area contributed by atoms with Crippen molar-refractivity contribution >= 4 is 33.0 Å². The van der Waals surface area contributed by atoms with Crippen molar-refractivity contribution < 1.29 is 13.2 Å². The second-order valence-corrected chi connectivity index (χ2v) is 7.53. The topological polar surface area (TPSA) is 89.3 Å². The molecule has 0 atom stereocenters. The number of thiophene rings is 1. The number of carbonyl (C=O) groups is 1. The number of sulfonamides is 1. The van der Waals surface area contributed by atoms with Crippen molar-refractivity contribution in [2.45, 2.75) is 25.7 Å². The molecule has 0 saturated carbocycles. The summed E-state index contributed by atoms with van der Waals surface area (Å²) in [5, 5.41) is 9.65. The smallest absolute Gasteiger partial charge is 0.256 e. The van der Waals surface area contributed by atoms with E-state index in [1.807, 2.05) is 13.8 Å². The molecule has 0 aliphatic rings. The number of anilines is 1. The maximum atomic E-state index is 12.2. The molecule has 3 N–H and O–H groups in total. The molecular weight excluding hydrogens is 308 g/mol. The summed E-state index contributed by atoms with van der Waals surface area (Å²) in [7, 11) is -3.81. The first-order valence-electron chi connectivity index (χ1n) is 6.19. The molecule has 5 nitrogen and oxygen atoms in total. The van der Waals surface area contributed by atoms with Gasteiger partial charge in [0.15, 0.2) is 0 Å². The highest BCUT2D eigenvalue weighted by Gasteiger charge is 2.15. The number of benzene rings is 1. The molecule has 0 fully saturated rings. The molecule has 21 heavy (non-hydrogen) atoms. The van der Waals surface area contributed by atoms with Crippen LogP contribution in [0.25, 0.3) is 0 Å². The minimum absolute atomic E-state index is 0.0117. The van der Waals surface area contributed by atoms with Crippen LogP contribution in [0.15, 0.2) is 28.5 Å². The van der Waals surface area contributed by atoms with Crippen molar-refractivity contribution in [3.63, 3.8) is 0 Å². The third-order valence-electron chi connectivity index (χ3n) is 3.21. The fourth-order valence-electron chi connectivity index (χ4n) is 1.88. The number of hydrogen-bond acceptors (Lipinski definition) is 4. The van der Waals surface area contributed by atoms with E-state index in [0.29, 0.717) is 11.3 Å². The Bertz CT molecular complexity index is 808. The maximum Gasteiger partial charge on any atom is 0.256 e. The van der Waals surface area contributed by atoms with Crippen LogP contribution in [-0.2, 0) is 10.0 Å². The van der Waals surface area contributed by atoms with E-state index >= 15 is 0 Å². The lowest BCUT2D eigenvalue weighted by Crippen LogP contribution is -2.16. The normalized spacial score (nSPS) is 11.4. The molecule has 0 bridgehead atoms. The van der Waals surface area contributed by atoms with E-state index in [9.17, 15) is 13.2 Å². The Labute approximate surface area is 127 Å². The number of rotatable bonds is 3. The van der Waals surface area contributed by atoms with Crippen molar-refractivity contribution in [2.24, 2.45) is 5.14 Å². The molecule has 0 radical (unpaired) electrons. The molecule has 2 aromatic rings. The lowest BCUT2D eigenvalue weighted by Gasteiger charge is -2.12. The Hall–Kier alpha value is -1.70. The third-order valence-corrected chi connectivity index (χ3v) is 4.96. The SMILES string of the molecule is Cc1cc(C(=O)Nc2cc(S(N)(=O)=O)cc(C)c2C)cs1. The Kier molecular flexibility index (Phi) is 4.18. The van der Waals surface area contributed by atoms with Crippen molar-refractivity contribution in [1.82, 2.24) is 0 Å². The van der Waals surface area contributed by atoms with Gasteiger partial charge in [-0.3, -0.25) is 4.79 Å². The van der Waals surface area contributed by atoms with Gasteiger partial charge >= 0.3 is 0 Å². The zero-order valence-electron chi connectivity index (χ0n) is 11.9. The minimum atomic E-state index is -3.81. The van der Waals surface area contributed by atoms with Gasteiger partial charge in [-0.05, 0) is 50.1 Å². The van der Waals surface area contributed by atoms with Gasteiger partial charge in [-0.1, -0.05) is 0 Å². The molecule has 2 rings (SSSR count). The van der Waals surface area contributed by atoms with Crippen LogP contribution in [0.5, 0.6) is 0 Å². The quantitative estimate of drug-likeness (QED) is 0.909. The van der Waals surface area contributed by atoms with Gasteiger partial charge in [0.2, 0.25) is 10.0 Å². The van der Waals surface area contributed by atoms with Crippen molar-refractivity contribution in [3.05, 3.63) is 45.1 Å². The highest BCUT2D eigenvalue weighted by atomic mass is 32.2. The lowest BCUT2D eigenvalue weighted by atomic mass is 10.1. The van der Waals surface area contributed by atoms with Crippen LogP contribution < -0.4 is 10.5 Å². The standard InChI is InChI=1S/C14H16N2O3S2/c1-8-4-12(21(15,18)19)6-13(10(8)3)16-14(17)11-5-9(2)20-7-11/h4-7H,1-3H3,(H,16,17)(H2,15,18,19). The van der Waals surface area contributed by atoms with Gasteiger partial charge < -0.3 is 5.32 Å². The Balaban J connectivity index is 2.40. The molecule has 0 aliphatic heterocycles. The van der Waals surface area contributed by atoms with Crippen LogP contribution in [0.2, 0.25) is 0 Å². The first kappa shape index (κ1) is 15.7. The number of hydrogen-bond donors (Lipinski definition) is 2.